The van der Waals surface area contributed by atoms with E-state index in [0.717, 1.165) is 17.7 Å². The molecular weight excluding hydrogens is 417 g/mol. The van der Waals surface area contributed by atoms with Crippen LogP contribution in [0.3, 0.4) is 0 Å². The Balaban J connectivity index is 1.59. The molecule has 1 aromatic heterocycles. The molecule has 1 saturated heterocycles. The van der Waals surface area contributed by atoms with Gasteiger partial charge < -0.3 is 14.2 Å². The largest absolute Gasteiger partial charge is 0.467 e. The van der Waals surface area contributed by atoms with Gasteiger partial charge >= 0.3 is 5.69 Å². The number of carbonyl (C=O) groups excluding carboxylic acids is 2. The number of carbonyl (C=O) groups is 2. The van der Waals surface area contributed by atoms with Crippen molar-refractivity contribution in [3.63, 3.8) is 0 Å². The standard InChI is InChI=1S/C23H20FN3O5/c1-15-4-6-17(7-5-15)26(14-19-3-2-10-32-19)23(29)16-11-22(28)25(13-16)18-8-9-20(24)21(12-18)27(30)31/h2-10,12,16H,11,13-14H2,1H3. The second-order valence-electron chi connectivity index (χ2n) is 7.64. The van der Waals surface area contributed by atoms with Crippen molar-refractivity contribution in [3.8, 4) is 0 Å². The van der Waals surface area contributed by atoms with E-state index in [1.165, 1.54) is 17.2 Å². The van der Waals surface area contributed by atoms with Gasteiger partial charge in [0.05, 0.1) is 29.3 Å². The molecule has 164 valence electrons. The fourth-order valence-electron chi connectivity index (χ4n) is 3.73. The minimum Gasteiger partial charge on any atom is -0.467 e. The highest BCUT2D eigenvalue weighted by atomic mass is 19.1. The summed E-state index contributed by atoms with van der Waals surface area (Å²) in [6, 6.07) is 14.2. The molecule has 0 spiro atoms. The molecule has 0 N–H and O–H groups in total. The smallest absolute Gasteiger partial charge is 0.306 e. The molecule has 3 aromatic rings. The van der Waals surface area contributed by atoms with Crippen molar-refractivity contribution in [1.29, 1.82) is 0 Å². The maximum Gasteiger partial charge on any atom is 0.306 e. The maximum atomic E-state index is 13.7. The van der Waals surface area contributed by atoms with Crippen LogP contribution >= 0.6 is 0 Å². The molecule has 0 saturated carbocycles. The first-order valence-corrected chi connectivity index (χ1v) is 9.98. The third kappa shape index (κ3) is 4.22. The van der Waals surface area contributed by atoms with E-state index in [9.17, 15) is 24.1 Å². The summed E-state index contributed by atoms with van der Waals surface area (Å²) in [5.41, 5.74) is 1.18. The first kappa shape index (κ1) is 21.2. The summed E-state index contributed by atoms with van der Waals surface area (Å²) in [5, 5.41) is 11.1. The molecule has 0 bridgehead atoms. The number of benzene rings is 2. The third-order valence-corrected chi connectivity index (χ3v) is 5.42. The van der Waals surface area contributed by atoms with E-state index in [-0.39, 0.29) is 37.0 Å². The number of hydrogen-bond donors (Lipinski definition) is 0. The highest BCUT2D eigenvalue weighted by Gasteiger charge is 2.38. The number of nitro groups is 1. The van der Waals surface area contributed by atoms with Gasteiger partial charge in [-0.05, 0) is 43.3 Å². The number of nitro benzene ring substituents is 1. The molecule has 1 atom stereocenters. The summed E-state index contributed by atoms with van der Waals surface area (Å²) in [7, 11) is 0. The number of amides is 2. The lowest BCUT2D eigenvalue weighted by Gasteiger charge is -2.25. The molecule has 1 unspecified atom stereocenters. The van der Waals surface area contributed by atoms with Crippen molar-refractivity contribution in [1.82, 2.24) is 0 Å². The lowest BCUT2D eigenvalue weighted by Crippen LogP contribution is -2.37. The van der Waals surface area contributed by atoms with E-state index in [1.807, 2.05) is 31.2 Å². The van der Waals surface area contributed by atoms with Crippen LogP contribution < -0.4 is 9.80 Å². The second-order valence-corrected chi connectivity index (χ2v) is 7.64. The Morgan fingerprint density at radius 2 is 2.00 bits per heavy atom. The van der Waals surface area contributed by atoms with Gasteiger partial charge in [-0.25, -0.2) is 0 Å². The van der Waals surface area contributed by atoms with Crippen LogP contribution in [-0.2, 0) is 16.1 Å². The van der Waals surface area contributed by atoms with Gasteiger partial charge in [0.1, 0.15) is 5.76 Å². The average molecular weight is 437 g/mol. The molecule has 1 aliphatic heterocycles. The van der Waals surface area contributed by atoms with Crippen molar-refractivity contribution in [3.05, 3.63) is 88.1 Å². The minimum atomic E-state index is -0.984. The number of halogens is 1. The summed E-state index contributed by atoms with van der Waals surface area (Å²) in [6.07, 6.45) is 1.47. The van der Waals surface area contributed by atoms with Gasteiger partial charge in [0.25, 0.3) is 0 Å². The Bertz CT molecular complexity index is 1160. The number of furan rings is 1. The predicted octanol–water partition coefficient (Wildman–Crippen LogP) is 4.22. The van der Waals surface area contributed by atoms with Crippen LogP contribution in [0.1, 0.15) is 17.7 Å². The highest BCUT2D eigenvalue weighted by molar-refractivity contribution is 6.04. The zero-order valence-corrected chi connectivity index (χ0v) is 17.2. The normalized spacial score (nSPS) is 15.8. The van der Waals surface area contributed by atoms with E-state index in [1.54, 1.807) is 17.0 Å². The third-order valence-electron chi connectivity index (χ3n) is 5.42. The van der Waals surface area contributed by atoms with Gasteiger partial charge in [0, 0.05) is 24.7 Å². The minimum absolute atomic E-state index is 0.0426. The van der Waals surface area contributed by atoms with Gasteiger partial charge in [-0.3, -0.25) is 19.7 Å². The summed E-state index contributed by atoms with van der Waals surface area (Å²) in [5.74, 6) is -1.68. The molecule has 9 heteroatoms. The zero-order chi connectivity index (χ0) is 22.8. The summed E-state index contributed by atoms with van der Waals surface area (Å²) in [6.45, 7) is 2.18. The van der Waals surface area contributed by atoms with Crippen molar-refractivity contribution in [2.45, 2.75) is 19.9 Å². The van der Waals surface area contributed by atoms with Crippen molar-refractivity contribution < 1.29 is 23.3 Å². The number of hydrogen-bond acceptors (Lipinski definition) is 5. The van der Waals surface area contributed by atoms with E-state index < -0.39 is 22.3 Å². The van der Waals surface area contributed by atoms with Crippen molar-refractivity contribution in [2.24, 2.45) is 5.92 Å². The Kier molecular flexibility index (Phi) is 5.72. The van der Waals surface area contributed by atoms with Crippen LogP contribution in [0.2, 0.25) is 0 Å². The lowest BCUT2D eigenvalue weighted by atomic mass is 10.1. The predicted molar refractivity (Wildman–Crippen MR) is 115 cm³/mol. The molecule has 0 aliphatic carbocycles. The zero-order valence-electron chi connectivity index (χ0n) is 17.2. The number of nitrogens with zero attached hydrogens (tertiary/aromatic N) is 3. The molecule has 2 heterocycles. The molecule has 4 rings (SSSR count). The van der Waals surface area contributed by atoms with Gasteiger partial charge in [0.15, 0.2) is 0 Å². The van der Waals surface area contributed by atoms with E-state index >= 15 is 0 Å². The summed E-state index contributed by atoms with van der Waals surface area (Å²) in [4.78, 5) is 39.2. The van der Waals surface area contributed by atoms with E-state index in [4.69, 9.17) is 4.42 Å². The van der Waals surface area contributed by atoms with Crippen LogP contribution in [0.4, 0.5) is 21.5 Å². The van der Waals surface area contributed by atoms with E-state index in [0.29, 0.717) is 11.4 Å². The SMILES string of the molecule is Cc1ccc(N(Cc2ccco2)C(=O)C2CC(=O)N(c3ccc(F)c([N+](=O)[O-])c3)C2)cc1. The van der Waals surface area contributed by atoms with Gasteiger partial charge in [-0.15, -0.1) is 0 Å². The summed E-state index contributed by atoms with van der Waals surface area (Å²) < 4.78 is 19.1. The number of anilines is 2. The number of aryl methyl sites for hydroxylation is 1. The highest BCUT2D eigenvalue weighted by Crippen LogP contribution is 2.31. The first-order chi connectivity index (χ1) is 15.3. The second kappa shape index (κ2) is 8.62. The van der Waals surface area contributed by atoms with Gasteiger partial charge in [-0.1, -0.05) is 17.7 Å². The average Bonchev–Trinajstić information content (AvgIpc) is 3.42. The number of rotatable bonds is 6. The lowest BCUT2D eigenvalue weighted by molar-refractivity contribution is -0.387. The van der Waals surface area contributed by atoms with Gasteiger partial charge in [-0.2, -0.15) is 4.39 Å². The monoisotopic (exact) mass is 437 g/mol. The van der Waals surface area contributed by atoms with Crippen LogP contribution in [0.25, 0.3) is 0 Å². The Labute approximate surface area is 183 Å². The summed E-state index contributed by atoms with van der Waals surface area (Å²) >= 11 is 0. The first-order valence-electron chi connectivity index (χ1n) is 9.98. The van der Waals surface area contributed by atoms with Gasteiger partial charge in [0.2, 0.25) is 17.6 Å². The molecule has 8 nitrogen and oxygen atoms in total. The van der Waals surface area contributed by atoms with Crippen LogP contribution in [0.15, 0.2) is 65.3 Å². The quantitative estimate of drug-likeness (QED) is 0.425. The fourth-order valence-corrected chi connectivity index (χ4v) is 3.73. The molecule has 2 aromatic carbocycles. The molecule has 1 fully saturated rings. The fraction of sp³-hybridized carbons (Fsp3) is 0.217. The van der Waals surface area contributed by atoms with E-state index in [2.05, 4.69) is 0 Å². The topological polar surface area (TPSA) is 96.9 Å². The maximum absolute atomic E-state index is 13.7. The molecule has 0 radical (unpaired) electrons. The van der Waals surface area contributed by atoms with Crippen LogP contribution in [0.5, 0.6) is 0 Å². The Hall–Kier alpha value is -4.01. The van der Waals surface area contributed by atoms with Crippen LogP contribution in [-0.4, -0.2) is 23.3 Å². The van der Waals surface area contributed by atoms with Crippen molar-refractivity contribution >= 4 is 28.9 Å². The molecular formula is C23H20FN3O5. The molecule has 2 amide bonds. The Morgan fingerprint density at radius 3 is 2.66 bits per heavy atom. The Morgan fingerprint density at radius 1 is 1.25 bits per heavy atom. The van der Waals surface area contributed by atoms with Crippen molar-refractivity contribution in [2.75, 3.05) is 16.3 Å². The molecule has 1 aliphatic rings. The van der Waals surface area contributed by atoms with Crippen LogP contribution in [0, 0.1) is 28.8 Å². The molecule has 32 heavy (non-hydrogen) atoms.